The monoisotopic (exact) mass is 202 g/mol. The Morgan fingerprint density at radius 2 is 1.08 bits per heavy atom. The second-order valence-corrected chi connectivity index (χ2v) is 17.9. The Morgan fingerprint density at radius 1 is 0.750 bits per heavy atom. The summed E-state index contributed by atoms with van der Waals surface area (Å²) in [5, 5.41) is 0. The molecule has 0 amide bonds. The van der Waals surface area contributed by atoms with Gasteiger partial charge in [-0.15, -0.1) is 0 Å². The third-order valence-electron chi connectivity index (χ3n) is 3.96. The van der Waals surface area contributed by atoms with Gasteiger partial charge >= 0.3 is 0 Å². The van der Waals surface area contributed by atoms with Crippen molar-refractivity contribution in [2.45, 2.75) is 64.8 Å². The Balaban J connectivity index is 4.42. The molecule has 0 saturated carbocycles. The van der Waals surface area contributed by atoms with Gasteiger partial charge in [-0.1, -0.05) is 64.8 Å². The van der Waals surface area contributed by atoms with E-state index in [9.17, 15) is 0 Å². The normalized spacial score (nSPS) is 12.5. The van der Waals surface area contributed by atoms with E-state index >= 15 is 0 Å². The van der Waals surface area contributed by atoms with Crippen molar-refractivity contribution in [3.63, 3.8) is 0 Å². The summed E-state index contributed by atoms with van der Waals surface area (Å²) < 4.78 is 0. The average Bonchev–Trinajstić information content (AvgIpc) is 2.14. The Labute approximate surface area is 81.2 Å². The molecule has 0 nitrogen and oxygen atoms in total. The van der Waals surface area contributed by atoms with Crippen molar-refractivity contribution < 1.29 is 0 Å². The minimum atomic E-state index is -0.708. The summed E-state index contributed by atoms with van der Waals surface area (Å²) >= 11 is 0. The molecular weight excluding hydrogens is 176 g/mol. The maximum absolute atomic E-state index is 2.45. The molecule has 0 fully saturated rings. The van der Waals surface area contributed by atoms with Crippen LogP contribution in [-0.4, -0.2) is 15.9 Å². The maximum Gasteiger partial charge on any atom is 0.0432 e. The van der Waals surface area contributed by atoms with Gasteiger partial charge in [-0.05, 0) is 0 Å². The van der Waals surface area contributed by atoms with E-state index in [1.54, 1.807) is 30.2 Å². The van der Waals surface area contributed by atoms with Gasteiger partial charge in [-0.25, -0.2) is 0 Å². The molecule has 12 heavy (non-hydrogen) atoms. The molecule has 0 aromatic heterocycles. The van der Waals surface area contributed by atoms with Gasteiger partial charge in [0.25, 0.3) is 0 Å². The van der Waals surface area contributed by atoms with E-state index in [1.807, 2.05) is 0 Å². The lowest BCUT2D eigenvalue weighted by atomic mass is 10.9. The molecule has 0 spiro atoms. The summed E-state index contributed by atoms with van der Waals surface area (Å²) in [5.41, 5.74) is 0. The molecule has 0 radical (unpaired) electrons. The summed E-state index contributed by atoms with van der Waals surface area (Å²) in [4.78, 5) is 0. The summed E-state index contributed by atoms with van der Waals surface area (Å²) in [7, 11) is -1.01. The van der Waals surface area contributed by atoms with E-state index < -0.39 is 7.59 Å². The van der Waals surface area contributed by atoms with Crippen LogP contribution in [0.2, 0.25) is 30.2 Å². The Kier molecular flexibility index (Phi) is 6.19. The van der Waals surface area contributed by atoms with Gasteiger partial charge < -0.3 is 0 Å². The highest BCUT2D eigenvalue weighted by Gasteiger charge is 2.34. The molecule has 0 aliphatic heterocycles. The second-order valence-electron chi connectivity index (χ2n) is 3.94. The average molecular weight is 202 g/mol. The minimum absolute atomic E-state index is 0.304. The van der Waals surface area contributed by atoms with Crippen LogP contribution in [0.1, 0.15) is 34.6 Å². The van der Waals surface area contributed by atoms with Gasteiger partial charge in [0, 0.05) is 15.9 Å². The van der Waals surface area contributed by atoms with E-state index in [0.29, 0.717) is 0 Å². The van der Waals surface area contributed by atoms with Crippen molar-refractivity contribution >= 4 is 15.9 Å². The number of rotatable bonds is 6. The lowest BCUT2D eigenvalue weighted by molar-refractivity contribution is 1.19. The zero-order chi connectivity index (χ0) is 9.61. The van der Waals surface area contributed by atoms with Gasteiger partial charge in [0.05, 0.1) is 0 Å². The number of hydrogen-bond acceptors (Lipinski definition) is 0. The largest absolute Gasteiger partial charge is 0.0682 e. The van der Waals surface area contributed by atoms with Gasteiger partial charge in [-0.2, -0.15) is 0 Å². The molecule has 74 valence electrons. The molecule has 0 aromatic carbocycles. The van der Waals surface area contributed by atoms with Gasteiger partial charge in [-0.3, -0.25) is 0 Å². The Hall–Kier alpha value is 0.434. The standard InChI is InChI=1S/C10H26Si2/c1-6-11(7-2)12(8-3,9-4)10-5/h11H,6-10H2,1-5H3. The predicted molar refractivity (Wildman–Crippen MR) is 65.3 cm³/mol. The summed E-state index contributed by atoms with van der Waals surface area (Å²) in [6.07, 6.45) is 0. The minimum Gasteiger partial charge on any atom is -0.0682 e. The molecule has 0 rings (SSSR count). The van der Waals surface area contributed by atoms with E-state index in [1.165, 1.54) is 0 Å². The zero-order valence-electron chi connectivity index (χ0n) is 9.61. The summed E-state index contributed by atoms with van der Waals surface area (Å²) in [6.45, 7) is 12.2. The van der Waals surface area contributed by atoms with Crippen LogP contribution in [0, 0.1) is 0 Å². The highest BCUT2D eigenvalue weighted by atomic mass is 29.2. The van der Waals surface area contributed by atoms with Crippen molar-refractivity contribution in [1.29, 1.82) is 0 Å². The van der Waals surface area contributed by atoms with Crippen LogP contribution >= 0.6 is 0 Å². The zero-order valence-corrected chi connectivity index (χ0v) is 11.8. The molecule has 0 aliphatic carbocycles. The van der Waals surface area contributed by atoms with Crippen molar-refractivity contribution in [1.82, 2.24) is 0 Å². The molecule has 0 bridgehead atoms. The lowest BCUT2D eigenvalue weighted by Crippen LogP contribution is -2.48. The van der Waals surface area contributed by atoms with E-state index in [-0.39, 0.29) is 8.31 Å². The first-order chi connectivity index (χ1) is 5.70. The third kappa shape index (κ3) is 2.46. The van der Waals surface area contributed by atoms with Crippen LogP contribution in [0.3, 0.4) is 0 Å². The topological polar surface area (TPSA) is 0 Å². The van der Waals surface area contributed by atoms with E-state index in [2.05, 4.69) is 34.6 Å². The highest BCUT2D eigenvalue weighted by Crippen LogP contribution is 2.27. The maximum atomic E-state index is 2.45. The molecule has 0 heterocycles. The fourth-order valence-electron chi connectivity index (χ4n) is 2.77. The van der Waals surface area contributed by atoms with Crippen molar-refractivity contribution in [3.8, 4) is 0 Å². The van der Waals surface area contributed by atoms with Crippen LogP contribution in [-0.2, 0) is 0 Å². The fourth-order valence-corrected chi connectivity index (χ4v) is 18.7. The fraction of sp³-hybridized carbons (Fsp3) is 1.00. The summed E-state index contributed by atoms with van der Waals surface area (Å²) in [5.74, 6) is 0. The molecule has 0 N–H and O–H groups in total. The molecule has 0 atom stereocenters. The van der Waals surface area contributed by atoms with Crippen LogP contribution < -0.4 is 0 Å². The van der Waals surface area contributed by atoms with Crippen LogP contribution in [0.4, 0.5) is 0 Å². The molecule has 0 saturated heterocycles. The Morgan fingerprint density at radius 3 is 1.17 bits per heavy atom. The molecule has 0 aliphatic rings. The van der Waals surface area contributed by atoms with Gasteiger partial charge in [0.2, 0.25) is 0 Å². The first-order valence-electron chi connectivity index (χ1n) is 5.70. The van der Waals surface area contributed by atoms with Gasteiger partial charge in [0.15, 0.2) is 0 Å². The van der Waals surface area contributed by atoms with E-state index in [4.69, 9.17) is 0 Å². The number of hydrogen-bond donors (Lipinski definition) is 0. The first kappa shape index (κ1) is 12.4. The van der Waals surface area contributed by atoms with Gasteiger partial charge in [0.1, 0.15) is 0 Å². The SMILES string of the molecule is CC[SiH](CC)[Si](CC)(CC)CC. The summed E-state index contributed by atoms with van der Waals surface area (Å²) in [6, 6.07) is 7.77. The second kappa shape index (κ2) is 5.97. The van der Waals surface area contributed by atoms with E-state index in [0.717, 1.165) is 0 Å². The molecular formula is C10H26Si2. The molecule has 0 unspecified atom stereocenters. The quantitative estimate of drug-likeness (QED) is 0.574. The van der Waals surface area contributed by atoms with Crippen molar-refractivity contribution in [2.24, 2.45) is 0 Å². The van der Waals surface area contributed by atoms with Crippen LogP contribution in [0.25, 0.3) is 0 Å². The third-order valence-corrected chi connectivity index (χ3v) is 23.2. The lowest BCUT2D eigenvalue weighted by Gasteiger charge is -2.35. The first-order valence-corrected chi connectivity index (χ1v) is 11.8. The van der Waals surface area contributed by atoms with Crippen molar-refractivity contribution in [2.75, 3.05) is 0 Å². The smallest absolute Gasteiger partial charge is 0.0432 e. The van der Waals surface area contributed by atoms with Crippen LogP contribution in [0.15, 0.2) is 0 Å². The van der Waals surface area contributed by atoms with Crippen molar-refractivity contribution in [3.05, 3.63) is 0 Å². The molecule has 2 heteroatoms. The Bertz CT molecular complexity index is 96.1. The predicted octanol–water partition coefficient (Wildman–Crippen LogP) is 3.84. The van der Waals surface area contributed by atoms with Crippen LogP contribution in [0.5, 0.6) is 0 Å². The highest BCUT2D eigenvalue weighted by molar-refractivity contribution is 7.33. The molecule has 0 aromatic rings.